The van der Waals surface area contributed by atoms with Crippen molar-refractivity contribution in [1.82, 2.24) is 15.6 Å². The number of aryl methyl sites for hydroxylation is 1. The van der Waals surface area contributed by atoms with Crippen LogP contribution in [0.4, 0.5) is 4.79 Å². The Morgan fingerprint density at radius 1 is 1.33 bits per heavy atom. The van der Waals surface area contributed by atoms with Crippen molar-refractivity contribution in [1.29, 1.82) is 0 Å². The molecule has 0 saturated heterocycles. The van der Waals surface area contributed by atoms with Crippen LogP contribution in [0.15, 0.2) is 18.2 Å². The Bertz CT molecular complexity index is 400. The van der Waals surface area contributed by atoms with E-state index < -0.39 is 0 Å². The number of pyridine rings is 1. The molecule has 2 amide bonds. The minimum absolute atomic E-state index is 0.0785. The van der Waals surface area contributed by atoms with Crippen molar-refractivity contribution >= 4 is 6.03 Å². The van der Waals surface area contributed by atoms with E-state index in [1.165, 1.54) is 19.3 Å². The van der Waals surface area contributed by atoms with Gasteiger partial charge in [-0.15, -0.1) is 0 Å². The van der Waals surface area contributed by atoms with Gasteiger partial charge in [0, 0.05) is 11.7 Å². The van der Waals surface area contributed by atoms with Crippen LogP contribution in [-0.4, -0.2) is 17.1 Å². The number of hydrogen-bond acceptors (Lipinski definition) is 2. The molecule has 1 aliphatic rings. The lowest BCUT2D eigenvalue weighted by Crippen LogP contribution is -2.42. The van der Waals surface area contributed by atoms with E-state index in [0.29, 0.717) is 12.6 Å². The first-order valence-corrected chi connectivity index (χ1v) is 6.71. The van der Waals surface area contributed by atoms with Crippen molar-refractivity contribution in [2.45, 2.75) is 51.6 Å². The minimum atomic E-state index is -0.0785. The van der Waals surface area contributed by atoms with E-state index in [1.54, 1.807) is 0 Å². The largest absolute Gasteiger partial charge is 0.335 e. The highest BCUT2D eigenvalue weighted by molar-refractivity contribution is 5.74. The van der Waals surface area contributed by atoms with Gasteiger partial charge < -0.3 is 10.6 Å². The van der Waals surface area contributed by atoms with E-state index in [9.17, 15) is 4.79 Å². The van der Waals surface area contributed by atoms with Crippen LogP contribution in [0.2, 0.25) is 0 Å². The fraction of sp³-hybridized carbons (Fsp3) is 0.571. The summed E-state index contributed by atoms with van der Waals surface area (Å²) in [5.74, 6) is 0. The van der Waals surface area contributed by atoms with E-state index in [1.807, 2.05) is 25.1 Å². The standard InChI is InChI=1S/C14H21N3O/c1-11-6-5-9-13(16-11)10-15-14(18)17-12-7-3-2-4-8-12/h5-6,9,12H,2-4,7-8,10H2,1H3,(H2,15,17,18). The van der Waals surface area contributed by atoms with E-state index in [4.69, 9.17) is 0 Å². The molecule has 2 rings (SSSR count). The molecule has 1 heterocycles. The number of aromatic nitrogens is 1. The lowest BCUT2D eigenvalue weighted by atomic mass is 9.96. The highest BCUT2D eigenvalue weighted by atomic mass is 16.2. The van der Waals surface area contributed by atoms with Gasteiger partial charge in [-0.1, -0.05) is 25.3 Å². The Balaban J connectivity index is 1.74. The number of nitrogens with zero attached hydrogens (tertiary/aromatic N) is 1. The summed E-state index contributed by atoms with van der Waals surface area (Å²) in [5.41, 5.74) is 1.87. The summed E-state index contributed by atoms with van der Waals surface area (Å²) < 4.78 is 0. The molecule has 98 valence electrons. The Kier molecular flexibility index (Phi) is 4.56. The molecule has 0 aromatic carbocycles. The van der Waals surface area contributed by atoms with Crippen LogP contribution in [0.1, 0.15) is 43.5 Å². The Hall–Kier alpha value is -1.58. The van der Waals surface area contributed by atoms with Gasteiger partial charge in [-0.25, -0.2) is 4.79 Å². The third-order valence-electron chi connectivity index (χ3n) is 3.32. The average molecular weight is 247 g/mol. The van der Waals surface area contributed by atoms with Crippen molar-refractivity contribution in [3.8, 4) is 0 Å². The monoisotopic (exact) mass is 247 g/mol. The predicted octanol–water partition coefficient (Wildman–Crippen LogP) is 2.52. The predicted molar refractivity (Wildman–Crippen MR) is 71.2 cm³/mol. The molecule has 2 N–H and O–H groups in total. The lowest BCUT2D eigenvalue weighted by molar-refractivity contribution is 0.232. The Morgan fingerprint density at radius 2 is 2.11 bits per heavy atom. The highest BCUT2D eigenvalue weighted by Gasteiger charge is 2.15. The first kappa shape index (κ1) is 12.9. The zero-order valence-corrected chi connectivity index (χ0v) is 10.9. The van der Waals surface area contributed by atoms with Gasteiger partial charge in [-0.3, -0.25) is 4.98 Å². The summed E-state index contributed by atoms with van der Waals surface area (Å²) in [4.78, 5) is 16.1. The molecule has 0 atom stereocenters. The van der Waals surface area contributed by atoms with Gasteiger partial charge in [0.15, 0.2) is 0 Å². The van der Waals surface area contributed by atoms with Crippen LogP contribution >= 0.6 is 0 Å². The SMILES string of the molecule is Cc1cccc(CNC(=O)NC2CCCCC2)n1. The van der Waals surface area contributed by atoms with Crippen LogP contribution in [0.3, 0.4) is 0 Å². The topological polar surface area (TPSA) is 54.0 Å². The second-order valence-electron chi connectivity index (χ2n) is 4.93. The number of hydrogen-bond donors (Lipinski definition) is 2. The summed E-state index contributed by atoms with van der Waals surface area (Å²) in [5, 5.41) is 5.89. The van der Waals surface area contributed by atoms with Crippen molar-refractivity contribution in [3.63, 3.8) is 0 Å². The number of urea groups is 1. The zero-order chi connectivity index (χ0) is 12.8. The molecule has 0 spiro atoms. The smallest absolute Gasteiger partial charge is 0.315 e. The van der Waals surface area contributed by atoms with Crippen molar-refractivity contribution in [2.75, 3.05) is 0 Å². The molecular formula is C14H21N3O. The summed E-state index contributed by atoms with van der Waals surface area (Å²) in [6, 6.07) is 6.10. The normalized spacial score (nSPS) is 16.3. The van der Waals surface area contributed by atoms with Gasteiger partial charge in [0.25, 0.3) is 0 Å². The maximum absolute atomic E-state index is 11.7. The first-order valence-electron chi connectivity index (χ1n) is 6.71. The van der Waals surface area contributed by atoms with E-state index >= 15 is 0 Å². The van der Waals surface area contributed by atoms with Crippen LogP contribution in [0.5, 0.6) is 0 Å². The molecule has 1 aromatic rings. The van der Waals surface area contributed by atoms with Crippen LogP contribution < -0.4 is 10.6 Å². The van der Waals surface area contributed by atoms with Gasteiger partial charge in [-0.05, 0) is 31.9 Å². The second kappa shape index (κ2) is 6.38. The quantitative estimate of drug-likeness (QED) is 0.862. The molecule has 18 heavy (non-hydrogen) atoms. The summed E-state index contributed by atoms with van der Waals surface area (Å²) in [7, 11) is 0. The molecule has 0 radical (unpaired) electrons. The molecule has 0 aliphatic heterocycles. The number of nitrogens with one attached hydrogen (secondary N) is 2. The summed E-state index contributed by atoms with van der Waals surface area (Å²) in [6.07, 6.45) is 5.97. The van der Waals surface area contributed by atoms with Gasteiger partial charge in [-0.2, -0.15) is 0 Å². The van der Waals surface area contributed by atoms with Crippen molar-refractivity contribution in [2.24, 2.45) is 0 Å². The molecule has 1 aliphatic carbocycles. The molecule has 4 heteroatoms. The molecule has 1 saturated carbocycles. The first-order chi connectivity index (χ1) is 8.74. The average Bonchev–Trinajstić information content (AvgIpc) is 2.38. The second-order valence-corrected chi connectivity index (χ2v) is 4.93. The molecule has 0 unspecified atom stereocenters. The number of rotatable bonds is 3. The highest BCUT2D eigenvalue weighted by Crippen LogP contribution is 2.17. The van der Waals surface area contributed by atoms with E-state index in [0.717, 1.165) is 24.2 Å². The summed E-state index contributed by atoms with van der Waals surface area (Å²) in [6.45, 7) is 2.44. The maximum atomic E-state index is 11.7. The Morgan fingerprint density at radius 3 is 2.83 bits per heavy atom. The lowest BCUT2D eigenvalue weighted by Gasteiger charge is -2.22. The Labute approximate surface area is 108 Å². The molecule has 4 nitrogen and oxygen atoms in total. The van der Waals surface area contributed by atoms with Crippen molar-refractivity contribution < 1.29 is 4.79 Å². The van der Waals surface area contributed by atoms with Gasteiger partial charge in [0.05, 0.1) is 12.2 Å². The fourth-order valence-corrected chi connectivity index (χ4v) is 2.35. The fourth-order valence-electron chi connectivity index (χ4n) is 2.35. The molecule has 1 fully saturated rings. The van der Waals surface area contributed by atoms with Gasteiger partial charge in [0.2, 0.25) is 0 Å². The maximum Gasteiger partial charge on any atom is 0.315 e. The zero-order valence-electron chi connectivity index (χ0n) is 10.9. The van der Waals surface area contributed by atoms with Crippen LogP contribution in [0, 0.1) is 6.92 Å². The van der Waals surface area contributed by atoms with Crippen LogP contribution in [-0.2, 0) is 6.54 Å². The molecule has 0 bridgehead atoms. The van der Waals surface area contributed by atoms with Gasteiger partial charge in [0.1, 0.15) is 0 Å². The van der Waals surface area contributed by atoms with Crippen LogP contribution in [0.25, 0.3) is 0 Å². The molecular weight excluding hydrogens is 226 g/mol. The third kappa shape index (κ3) is 4.02. The van der Waals surface area contributed by atoms with E-state index in [-0.39, 0.29) is 6.03 Å². The number of carbonyl (C=O) groups excluding carboxylic acids is 1. The molecule has 1 aromatic heterocycles. The van der Waals surface area contributed by atoms with Gasteiger partial charge >= 0.3 is 6.03 Å². The third-order valence-corrected chi connectivity index (χ3v) is 3.32. The number of carbonyl (C=O) groups is 1. The van der Waals surface area contributed by atoms with E-state index in [2.05, 4.69) is 15.6 Å². The summed E-state index contributed by atoms with van der Waals surface area (Å²) >= 11 is 0. The van der Waals surface area contributed by atoms with Crippen molar-refractivity contribution in [3.05, 3.63) is 29.6 Å². The minimum Gasteiger partial charge on any atom is -0.335 e. The number of amides is 2.